The normalized spacial score (nSPS) is 21.1. The van der Waals surface area contributed by atoms with Crippen LogP contribution in [-0.2, 0) is 16.3 Å². The average molecular weight is 387 g/mol. The number of sulfone groups is 1. The number of benzene rings is 1. The summed E-state index contributed by atoms with van der Waals surface area (Å²) in [4.78, 5) is 13.9. The fourth-order valence-electron chi connectivity index (χ4n) is 4.17. The Morgan fingerprint density at radius 1 is 1.26 bits per heavy atom. The maximum atomic E-state index is 11.9. The lowest BCUT2D eigenvalue weighted by Crippen LogP contribution is -2.37. The van der Waals surface area contributed by atoms with Crippen LogP contribution in [0.1, 0.15) is 31.0 Å². The van der Waals surface area contributed by atoms with Crippen LogP contribution in [0.3, 0.4) is 0 Å². The van der Waals surface area contributed by atoms with Gasteiger partial charge in [-0.1, -0.05) is 18.2 Å². The highest BCUT2D eigenvalue weighted by Gasteiger charge is 2.33. The average Bonchev–Trinajstić information content (AvgIpc) is 3.01. The summed E-state index contributed by atoms with van der Waals surface area (Å²) in [7, 11) is -2.93. The van der Waals surface area contributed by atoms with Gasteiger partial charge in [0.2, 0.25) is 5.95 Å². The minimum atomic E-state index is -2.93. The lowest BCUT2D eigenvalue weighted by atomic mass is 10.0. The molecule has 4 rings (SSSR count). The Balaban J connectivity index is 1.70. The van der Waals surface area contributed by atoms with Crippen molar-refractivity contribution in [1.29, 1.82) is 0 Å². The number of fused-ring (bicyclic) bond motifs is 1. The van der Waals surface area contributed by atoms with Gasteiger partial charge in [-0.25, -0.2) is 13.4 Å². The summed E-state index contributed by atoms with van der Waals surface area (Å²) in [5, 5.41) is 0. The zero-order valence-electron chi connectivity index (χ0n) is 15.9. The lowest BCUT2D eigenvalue weighted by molar-refractivity contribution is 0.599. The van der Waals surface area contributed by atoms with Gasteiger partial charge in [0.05, 0.1) is 11.5 Å². The summed E-state index contributed by atoms with van der Waals surface area (Å²) >= 11 is 0. The zero-order valence-corrected chi connectivity index (χ0v) is 16.7. The molecule has 0 saturated carbocycles. The van der Waals surface area contributed by atoms with Crippen LogP contribution in [0.15, 0.2) is 30.3 Å². The van der Waals surface area contributed by atoms with Gasteiger partial charge in [0.25, 0.3) is 0 Å². The summed E-state index contributed by atoms with van der Waals surface area (Å²) in [6, 6.07) is 10.4. The summed E-state index contributed by atoms with van der Waals surface area (Å²) in [5.41, 5.74) is 3.40. The Morgan fingerprint density at radius 2 is 2.07 bits per heavy atom. The second-order valence-electron chi connectivity index (χ2n) is 7.39. The highest BCUT2D eigenvalue weighted by molar-refractivity contribution is 7.91. The third-order valence-electron chi connectivity index (χ3n) is 5.46. The van der Waals surface area contributed by atoms with E-state index >= 15 is 0 Å². The van der Waals surface area contributed by atoms with Gasteiger partial charge in [-0.2, -0.15) is 4.98 Å². The summed E-state index contributed by atoms with van der Waals surface area (Å²) in [6.45, 7) is 5.65. The molecule has 1 unspecified atom stereocenters. The van der Waals surface area contributed by atoms with Crippen molar-refractivity contribution >= 4 is 27.3 Å². The van der Waals surface area contributed by atoms with E-state index in [1.54, 1.807) is 0 Å². The second kappa shape index (κ2) is 7.11. The molecular formula is C20H26N4O2S. The first-order chi connectivity index (χ1) is 13.0. The summed E-state index contributed by atoms with van der Waals surface area (Å²) < 4.78 is 23.9. The highest BCUT2D eigenvalue weighted by atomic mass is 32.2. The first-order valence-corrected chi connectivity index (χ1v) is 11.5. The standard InChI is InChI=1S/C20H26N4O2S/c1-3-23(17-10-12-27(25,26)14-17)19-13-15(2)21-20(22-19)24-11-6-8-16-7-4-5-9-18(16)24/h4-5,7,9,13,17H,3,6,8,10-12,14H2,1-2H3. The van der Waals surface area contributed by atoms with E-state index in [0.29, 0.717) is 12.4 Å². The third kappa shape index (κ3) is 3.65. The number of aryl methyl sites for hydroxylation is 2. The number of aromatic nitrogens is 2. The number of rotatable bonds is 4. The van der Waals surface area contributed by atoms with E-state index in [9.17, 15) is 8.42 Å². The van der Waals surface area contributed by atoms with E-state index < -0.39 is 9.84 Å². The van der Waals surface area contributed by atoms with Crippen LogP contribution >= 0.6 is 0 Å². The van der Waals surface area contributed by atoms with E-state index in [1.807, 2.05) is 13.0 Å². The van der Waals surface area contributed by atoms with Crippen molar-refractivity contribution in [2.45, 2.75) is 39.2 Å². The monoisotopic (exact) mass is 386 g/mol. The van der Waals surface area contributed by atoms with Gasteiger partial charge in [0.1, 0.15) is 5.82 Å². The van der Waals surface area contributed by atoms with Crippen LogP contribution in [0.25, 0.3) is 0 Å². The van der Waals surface area contributed by atoms with E-state index in [-0.39, 0.29) is 17.5 Å². The molecular weight excluding hydrogens is 360 g/mol. The topological polar surface area (TPSA) is 66.4 Å². The quantitative estimate of drug-likeness (QED) is 0.805. The Labute approximate surface area is 161 Å². The van der Waals surface area contributed by atoms with Crippen molar-refractivity contribution in [2.75, 3.05) is 34.4 Å². The molecule has 1 fully saturated rings. The molecule has 2 aliphatic rings. The van der Waals surface area contributed by atoms with Gasteiger partial charge in [0.15, 0.2) is 9.84 Å². The fraction of sp³-hybridized carbons (Fsp3) is 0.500. The van der Waals surface area contributed by atoms with Gasteiger partial charge in [0, 0.05) is 36.6 Å². The van der Waals surface area contributed by atoms with E-state index in [1.165, 1.54) is 11.3 Å². The minimum Gasteiger partial charge on any atom is -0.353 e. The number of hydrogen-bond donors (Lipinski definition) is 0. The predicted molar refractivity (Wildman–Crippen MR) is 109 cm³/mol. The van der Waals surface area contributed by atoms with E-state index in [4.69, 9.17) is 9.97 Å². The van der Waals surface area contributed by atoms with Crippen LogP contribution in [0.5, 0.6) is 0 Å². The number of anilines is 3. The van der Waals surface area contributed by atoms with Gasteiger partial charge >= 0.3 is 0 Å². The van der Waals surface area contributed by atoms with Crippen molar-refractivity contribution in [3.05, 3.63) is 41.6 Å². The molecule has 0 bridgehead atoms. The molecule has 7 heteroatoms. The third-order valence-corrected chi connectivity index (χ3v) is 7.22. The summed E-state index contributed by atoms with van der Waals surface area (Å²) in [6.07, 6.45) is 2.81. The number of nitrogens with zero attached hydrogens (tertiary/aromatic N) is 4. The SMILES string of the molecule is CCN(c1cc(C)nc(N2CCCc3ccccc32)n1)C1CCS(=O)(=O)C1. The fourth-order valence-corrected chi connectivity index (χ4v) is 5.90. The lowest BCUT2D eigenvalue weighted by Gasteiger charge is -2.32. The van der Waals surface area contributed by atoms with Gasteiger partial charge in [-0.3, -0.25) is 0 Å². The van der Waals surface area contributed by atoms with Gasteiger partial charge in [-0.15, -0.1) is 0 Å². The van der Waals surface area contributed by atoms with Crippen LogP contribution in [0, 0.1) is 6.92 Å². The highest BCUT2D eigenvalue weighted by Crippen LogP contribution is 2.33. The molecule has 0 radical (unpaired) electrons. The molecule has 144 valence electrons. The van der Waals surface area contributed by atoms with Crippen LogP contribution in [0.2, 0.25) is 0 Å². The Morgan fingerprint density at radius 3 is 2.81 bits per heavy atom. The Hall–Kier alpha value is -2.15. The molecule has 1 aromatic carbocycles. The molecule has 3 heterocycles. The van der Waals surface area contributed by atoms with Crippen molar-refractivity contribution in [3.63, 3.8) is 0 Å². The van der Waals surface area contributed by atoms with Crippen LogP contribution in [0.4, 0.5) is 17.5 Å². The van der Waals surface area contributed by atoms with Crippen LogP contribution < -0.4 is 9.80 Å². The summed E-state index contributed by atoms with van der Waals surface area (Å²) in [5.74, 6) is 2.01. The second-order valence-corrected chi connectivity index (χ2v) is 9.62. The number of para-hydroxylation sites is 1. The minimum absolute atomic E-state index is 0.00390. The smallest absolute Gasteiger partial charge is 0.232 e. The Bertz CT molecular complexity index is 945. The number of hydrogen-bond acceptors (Lipinski definition) is 6. The zero-order chi connectivity index (χ0) is 19.0. The molecule has 0 N–H and O–H groups in total. The molecule has 0 amide bonds. The molecule has 6 nitrogen and oxygen atoms in total. The first-order valence-electron chi connectivity index (χ1n) is 9.65. The molecule has 1 atom stereocenters. The van der Waals surface area contributed by atoms with E-state index in [0.717, 1.165) is 37.4 Å². The van der Waals surface area contributed by atoms with Crippen molar-refractivity contribution in [3.8, 4) is 0 Å². The maximum absolute atomic E-state index is 11.9. The van der Waals surface area contributed by atoms with Gasteiger partial charge in [-0.05, 0) is 44.7 Å². The Kier molecular flexibility index (Phi) is 4.80. The molecule has 1 aromatic heterocycles. The van der Waals surface area contributed by atoms with Crippen molar-refractivity contribution in [2.24, 2.45) is 0 Å². The molecule has 0 aliphatic carbocycles. The van der Waals surface area contributed by atoms with E-state index in [2.05, 4.69) is 41.0 Å². The molecule has 2 aromatic rings. The van der Waals surface area contributed by atoms with Crippen LogP contribution in [-0.4, -0.2) is 49.0 Å². The van der Waals surface area contributed by atoms with Crippen molar-refractivity contribution in [1.82, 2.24) is 9.97 Å². The predicted octanol–water partition coefficient (Wildman–Crippen LogP) is 2.88. The molecule has 27 heavy (non-hydrogen) atoms. The molecule has 2 aliphatic heterocycles. The molecule has 0 spiro atoms. The maximum Gasteiger partial charge on any atom is 0.232 e. The first kappa shape index (κ1) is 18.2. The molecule has 1 saturated heterocycles. The van der Waals surface area contributed by atoms with Crippen molar-refractivity contribution < 1.29 is 8.42 Å². The largest absolute Gasteiger partial charge is 0.353 e. The van der Waals surface area contributed by atoms with Gasteiger partial charge < -0.3 is 9.80 Å².